The van der Waals surface area contributed by atoms with Crippen LogP contribution in [0, 0.1) is 0 Å². The van der Waals surface area contributed by atoms with Gasteiger partial charge in [-0.15, -0.1) is 10.2 Å². The standard InChI is InChI=1S/C20H25Cl2N7O/c21-14-1-2-15(22)13(9-14)11-29-8-7-26-18(24)17(29)10-16(23)20-28-27-19(30-20)12-3-5-25-6-4-12/h1-2,9-10,12,25-26H,3-8,11,23-24H2/b16-10-. The summed E-state index contributed by atoms with van der Waals surface area (Å²) in [4.78, 5) is 2.10. The minimum Gasteiger partial charge on any atom is -0.419 e. The Hall–Kier alpha value is -2.42. The minimum absolute atomic E-state index is 0.266. The molecule has 2 aromatic rings. The van der Waals surface area contributed by atoms with Crippen LogP contribution in [0.1, 0.15) is 36.1 Å². The predicted molar refractivity (Wildman–Crippen MR) is 117 cm³/mol. The van der Waals surface area contributed by atoms with Crippen molar-refractivity contribution in [1.29, 1.82) is 0 Å². The van der Waals surface area contributed by atoms with E-state index in [0.717, 1.165) is 43.7 Å². The number of rotatable bonds is 5. The Morgan fingerprint density at radius 1 is 1.23 bits per heavy atom. The molecule has 3 heterocycles. The second kappa shape index (κ2) is 9.16. The largest absolute Gasteiger partial charge is 0.419 e. The van der Waals surface area contributed by atoms with Gasteiger partial charge in [0.05, 0.1) is 11.4 Å². The van der Waals surface area contributed by atoms with Gasteiger partial charge >= 0.3 is 0 Å². The van der Waals surface area contributed by atoms with Gasteiger partial charge in [-0.2, -0.15) is 0 Å². The third-order valence-corrected chi connectivity index (χ3v) is 5.95. The van der Waals surface area contributed by atoms with Crippen molar-refractivity contribution in [1.82, 2.24) is 25.7 Å². The van der Waals surface area contributed by atoms with Crippen LogP contribution in [-0.2, 0) is 6.54 Å². The monoisotopic (exact) mass is 449 g/mol. The van der Waals surface area contributed by atoms with E-state index in [-0.39, 0.29) is 5.92 Å². The molecule has 0 spiro atoms. The normalized spacial score (nSPS) is 18.6. The van der Waals surface area contributed by atoms with Crippen molar-refractivity contribution in [3.05, 3.63) is 63.2 Å². The summed E-state index contributed by atoms with van der Waals surface area (Å²) in [5, 5.41) is 16.1. The summed E-state index contributed by atoms with van der Waals surface area (Å²) in [6, 6.07) is 5.42. The van der Waals surface area contributed by atoms with Crippen LogP contribution in [0.3, 0.4) is 0 Å². The maximum Gasteiger partial charge on any atom is 0.263 e. The number of aromatic nitrogens is 2. The van der Waals surface area contributed by atoms with E-state index in [4.69, 9.17) is 39.1 Å². The molecule has 30 heavy (non-hydrogen) atoms. The Morgan fingerprint density at radius 3 is 2.83 bits per heavy atom. The number of nitrogens with zero attached hydrogens (tertiary/aromatic N) is 3. The van der Waals surface area contributed by atoms with Gasteiger partial charge < -0.3 is 31.4 Å². The van der Waals surface area contributed by atoms with E-state index in [9.17, 15) is 0 Å². The van der Waals surface area contributed by atoms with Gasteiger partial charge in [0.2, 0.25) is 5.89 Å². The van der Waals surface area contributed by atoms with Gasteiger partial charge in [0.1, 0.15) is 5.82 Å². The van der Waals surface area contributed by atoms with Crippen LogP contribution in [0.2, 0.25) is 10.0 Å². The van der Waals surface area contributed by atoms with Crippen LogP contribution < -0.4 is 22.1 Å². The molecule has 2 aliphatic heterocycles. The topological polar surface area (TPSA) is 118 Å². The highest BCUT2D eigenvalue weighted by molar-refractivity contribution is 6.33. The van der Waals surface area contributed by atoms with E-state index < -0.39 is 0 Å². The molecule has 0 aliphatic carbocycles. The third-order valence-electron chi connectivity index (χ3n) is 5.35. The minimum atomic E-state index is 0.266. The average molecular weight is 450 g/mol. The van der Waals surface area contributed by atoms with E-state index in [2.05, 4.69) is 25.7 Å². The van der Waals surface area contributed by atoms with Gasteiger partial charge in [-0.05, 0) is 55.8 Å². The third kappa shape index (κ3) is 4.66. The SMILES string of the molecule is NC1=C(/C=C(\N)c2nnc(C3CCNCC3)o2)N(Cc2cc(Cl)ccc2Cl)CCN1. The fourth-order valence-corrected chi connectivity index (χ4v) is 4.08. The lowest BCUT2D eigenvalue weighted by Crippen LogP contribution is -2.41. The summed E-state index contributed by atoms with van der Waals surface area (Å²) in [7, 11) is 0. The molecule has 1 fully saturated rings. The molecule has 0 bridgehead atoms. The summed E-state index contributed by atoms with van der Waals surface area (Å²) < 4.78 is 5.87. The molecule has 160 valence electrons. The number of piperidine rings is 1. The first-order chi connectivity index (χ1) is 14.5. The molecular weight excluding hydrogens is 425 g/mol. The van der Waals surface area contributed by atoms with E-state index in [0.29, 0.717) is 46.4 Å². The lowest BCUT2D eigenvalue weighted by molar-refractivity contribution is 0.321. The number of hydrogen-bond acceptors (Lipinski definition) is 8. The molecule has 0 unspecified atom stereocenters. The molecule has 8 nitrogen and oxygen atoms in total. The molecule has 1 saturated heterocycles. The smallest absolute Gasteiger partial charge is 0.263 e. The summed E-state index contributed by atoms with van der Waals surface area (Å²) in [5.41, 5.74) is 14.6. The zero-order valence-corrected chi connectivity index (χ0v) is 18.0. The molecule has 0 atom stereocenters. The van der Waals surface area contributed by atoms with Gasteiger partial charge in [0.15, 0.2) is 0 Å². The molecule has 1 aromatic heterocycles. The fraction of sp³-hybridized carbons (Fsp3) is 0.400. The van der Waals surface area contributed by atoms with Crippen molar-refractivity contribution < 1.29 is 4.42 Å². The van der Waals surface area contributed by atoms with Crippen LogP contribution in [0.4, 0.5) is 0 Å². The first kappa shape index (κ1) is 20.8. The molecule has 0 saturated carbocycles. The van der Waals surface area contributed by atoms with Crippen molar-refractivity contribution in [3.63, 3.8) is 0 Å². The number of nitrogens with one attached hydrogen (secondary N) is 2. The first-order valence-electron chi connectivity index (χ1n) is 9.95. The summed E-state index contributed by atoms with van der Waals surface area (Å²) in [5.74, 6) is 1.73. The Kier molecular flexibility index (Phi) is 6.36. The predicted octanol–water partition coefficient (Wildman–Crippen LogP) is 2.38. The van der Waals surface area contributed by atoms with Gasteiger partial charge in [0, 0.05) is 35.6 Å². The Morgan fingerprint density at radius 2 is 2.03 bits per heavy atom. The maximum atomic E-state index is 6.35. The molecule has 1 aromatic carbocycles. The summed E-state index contributed by atoms with van der Waals surface area (Å²) >= 11 is 12.5. The number of hydrogen-bond donors (Lipinski definition) is 4. The van der Waals surface area contributed by atoms with Crippen LogP contribution in [-0.4, -0.2) is 41.3 Å². The lowest BCUT2D eigenvalue weighted by atomic mass is 9.98. The van der Waals surface area contributed by atoms with E-state index in [1.54, 1.807) is 18.2 Å². The van der Waals surface area contributed by atoms with Crippen LogP contribution >= 0.6 is 23.2 Å². The van der Waals surface area contributed by atoms with Crippen molar-refractivity contribution in [2.75, 3.05) is 26.2 Å². The van der Waals surface area contributed by atoms with Gasteiger partial charge in [-0.25, -0.2) is 0 Å². The van der Waals surface area contributed by atoms with E-state index in [1.165, 1.54) is 0 Å². The van der Waals surface area contributed by atoms with Crippen molar-refractivity contribution in [2.24, 2.45) is 11.5 Å². The molecule has 0 radical (unpaired) electrons. The van der Waals surface area contributed by atoms with Gasteiger partial charge in [-0.1, -0.05) is 23.2 Å². The lowest BCUT2D eigenvalue weighted by Gasteiger charge is -2.32. The van der Waals surface area contributed by atoms with Crippen LogP contribution in [0.5, 0.6) is 0 Å². The van der Waals surface area contributed by atoms with Gasteiger partial charge in [0.25, 0.3) is 5.89 Å². The second-order valence-corrected chi connectivity index (χ2v) is 8.30. The number of halogens is 2. The van der Waals surface area contributed by atoms with Gasteiger partial charge in [-0.3, -0.25) is 0 Å². The van der Waals surface area contributed by atoms with Crippen LogP contribution in [0.15, 0.2) is 40.2 Å². The highest BCUT2D eigenvalue weighted by Crippen LogP contribution is 2.27. The Balaban J connectivity index is 1.56. The van der Waals surface area contributed by atoms with Crippen molar-refractivity contribution in [3.8, 4) is 0 Å². The Bertz CT molecular complexity index is 966. The van der Waals surface area contributed by atoms with Crippen molar-refractivity contribution in [2.45, 2.75) is 25.3 Å². The average Bonchev–Trinajstić information content (AvgIpc) is 3.24. The van der Waals surface area contributed by atoms with E-state index in [1.807, 2.05) is 6.07 Å². The molecule has 0 amide bonds. The van der Waals surface area contributed by atoms with Crippen molar-refractivity contribution >= 4 is 28.9 Å². The highest BCUT2D eigenvalue weighted by Gasteiger charge is 2.23. The molecule has 2 aliphatic rings. The molecule has 6 N–H and O–H groups in total. The second-order valence-electron chi connectivity index (χ2n) is 7.45. The number of allylic oxidation sites excluding steroid dienone is 1. The highest BCUT2D eigenvalue weighted by atomic mass is 35.5. The zero-order valence-electron chi connectivity index (χ0n) is 16.5. The molecular formula is C20H25Cl2N7O. The molecule has 4 rings (SSSR count). The number of benzene rings is 1. The summed E-state index contributed by atoms with van der Waals surface area (Å²) in [6.45, 7) is 3.88. The fourth-order valence-electron chi connectivity index (χ4n) is 3.70. The zero-order chi connectivity index (χ0) is 21.1. The molecule has 10 heteroatoms. The Labute approximate surface area is 185 Å². The van der Waals surface area contributed by atoms with E-state index >= 15 is 0 Å². The maximum absolute atomic E-state index is 6.35. The van der Waals surface area contributed by atoms with Crippen LogP contribution in [0.25, 0.3) is 5.70 Å². The summed E-state index contributed by atoms with van der Waals surface area (Å²) in [6.07, 6.45) is 3.71. The quantitative estimate of drug-likeness (QED) is 0.549. The first-order valence-corrected chi connectivity index (χ1v) is 10.7. The number of nitrogens with two attached hydrogens (primary N) is 2.